The predicted molar refractivity (Wildman–Crippen MR) is 77.8 cm³/mol. The third kappa shape index (κ3) is 6.07. The molecule has 1 N–H and O–H groups in total. The minimum Gasteiger partial charge on any atom is -0.384 e. The molecule has 0 spiro atoms. The van der Waals surface area contributed by atoms with Crippen molar-refractivity contribution in [3.05, 3.63) is 0 Å². The van der Waals surface area contributed by atoms with Gasteiger partial charge in [0.05, 0.1) is 23.4 Å². The summed E-state index contributed by atoms with van der Waals surface area (Å²) in [6.45, 7) is 0.842. The van der Waals surface area contributed by atoms with Crippen molar-refractivity contribution in [2.75, 3.05) is 31.8 Å². The Hall–Kier alpha value is 0.300. The fourth-order valence-electron chi connectivity index (χ4n) is 1.92. The number of alkyl halides is 1. The Morgan fingerprint density at radius 1 is 1.37 bits per heavy atom. The van der Waals surface area contributed by atoms with Gasteiger partial charge in [-0.3, -0.25) is 0 Å². The smallest absolute Gasteiger partial charge is 0.214 e. The summed E-state index contributed by atoms with van der Waals surface area (Å²) in [5, 5.41) is -0.591. The van der Waals surface area contributed by atoms with Crippen LogP contribution in [0.4, 0.5) is 0 Å². The zero-order chi connectivity index (χ0) is 14.5. The van der Waals surface area contributed by atoms with Crippen molar-refractivity contribution in [1.29, 1.82) is 0 Å². The second kappa shape index (κ2) is 7.35. The van der Waals surface area contributed by atoms with Crippen LogP contribution in [0.3, 0.4) is 0 Å². The lowest BCUT2D eigenvalue weighted by Crippen LogP contribution is -2.40. The van der Waals surface area contributed by atoms with Crippen molar-refractivity contribution < 1.29 is 21.6 Å². The van der Waals surface area contributed by atoms with Gasteiger partial charge in [0.15, 0.2) is 0 Å². The second-order valence-corrected chi connectivity index (χ2v) is 10.3. The summed E-state index contributed by atoms with van der Waals surface area (Å²) in [4.78, 5) is 0.104. The number of hydrogen-bond acceptors (Lipinski definition) is 5. The molecular formula is C10H20BrNO5S2. The SMILES string of the molecule is COCC(Br)CCNS(=O)(=O)C1CCS(=O)(=O)CC1. The van der Waals surface area contributed by atoms with E-state index in [0.717, 1.165) is 0 Å². The van der Waals surface area contributed by atoms with Crippen LogP contribution in [0.1, 0.15) is 19.3 Å². The van der Waals surface area contributed by atoms with Crippen LogP contribution in [-0.4, -0.2) is 58.7 Å². The second-order valence-electron chi connectivity index (χ2n) is 4.63. The largest absolute Gasteiger partial charge is 0.384 e. The van der Waals surface area contributed by atoms with Gasteiger partial charge in [-0.1, -0.05) is 15.9 Å². The topological polar surface area (TPSA) is 89.5 Å². The first-order chi connectivity index (χ1) is 8.77. The Kier molecular flexibility index (Phi) is 6.71. The van der Waals surface area contributed by atoms with E-state index in [9.17, 15) is 16.8 Å². The summed E-state index contributed by atoms with van der Waals surface area (Å²) in [5.41, 5.74) is 0. The average molecular weight is 378 g/mol. The van der Waals surface area contributed by atoms with Gasteiger partial charge in [0.25, 0.3) is 0 Å². The molecule has 1 unspecified atom stereocenters. The van der Waals surface area contributed by atoms with E-state index in [4.69, 9.17) is 4.74 Å². The molecule has 0 aliphatic carbocycles. The molecule has 1 rings (SSSR count). The third-order valence-corrected chi connectivity index (χ3v) is 7.44. The van der Waals surface area contributed by atoms with Gasteiger partial charge in [-0.25, -0.2) is 21.6 Å². The summed E-state index contributed by atoms with van der Waals surface area (Å²) < 4.78 is 54.0. The zero-order valence-electron chi connectivity index (χ0n) is 10.8. The van der Waals surface area contributed by atoms with Crippen molar-refractivity contribution in [3.63, 3.8) is 0 Å². The van der Waals surface area contributed by atoms with Crippen molar-refractivity contribution in [1.82, 2.24) is 4.72 Å². The van der Waals surface area contributed by atoms with Gasteiger partial charge in [-0.05, 0) is 19.3 Å². The number of sulfone groups is 1. The zero-order valence-corrected chi connectivity index (χ0v) is 14.1. The molecule has 9 heteroatoms. The molecule has 0 amide bonds. The van der Waals surface area contributed by atoms with Crippen LogP contribution in [0.15, 0.2) is 0 Å². The summed E-state index contributed by atoms with van der Waals surface area (Å²) >= 11 is 3.38. The van der Waals surface area contributed by atoms with E-state index in [0.29, 0.717) is 19.6 Å². The molecule has 1 atom stereocenters. The van der Waals surface area contributed by atoms with E-state index < -0.39 is 25.1 Å². The lowest BCUT2D eigenvalue weighted by molar-refractivity contribution is 0.199. The highest BCUT2D eigenvalue weighted by Gasteiger charge is 2.32. The maximum absolute atomic E-state index is 12.0. The van der Waals surface area contributed by atoms with E-state index in [1.54, 1.807) is 7.11 Å². The van der Waals surface area contributed by atoms with Crippen molar-refractivity contribution >= 4 is 35.8 Å². The van der Waals surface area contributed by atoms with E-state index >= 15 is 0 Å². The number of ether oxygens (including phenoxy) is 1. The fraction of sp³-hybridized carbons (Fsp3) is 1.00. The van der Waals surface area contributed by atoms with E-state index in [1.807, 2.05) is 0 Å². The number of hydrogen-bond donors (Lipinski definition) is 1. The highest BCUT2D eigenvalue weighted by molar-refractivity contribution is 9.09. The summed E-state index contributed by atoms with van der Waals surface area (Å²) in [6, 6.07) is 0. The van der Waals surface area contributed by atoms with Crippen molar-refractivity contribution in [3.8, 4) is 0 Å². The van der Waals surface area contributed by atoms with E-state index in [1.165, 1.54) is 0 Å². The molecule has 1 saturated heterocycles. The number of methoxy groups -OCH3 is 1. The first-order valence-electron chi connectivity index (χ1n) is 6.09. The van der Waals surface area contributed by atoms with Gasteiger partial charge in [-0.15, -0.1) is 0 Å². The number of nitrogens with one attached hydrogen (secondary N) is 1. The summed E-state index contributed by atoms with van der Waals surface area (Å²) in [7, 11) is -4.87. The first kappa shape index (κ1) is 17.4. The molecule has 0 bridgehead atoms. The number of sulfonamides is 1. The molecule has 1 fully saturated rings. The minimum absolute atomic E-state index is 0.0384. The Bertz CT molecular complexity index is 462. The molecule has 1 aliphatic rings. The van der Waals surface area contributed by atoms with Gasteiger partial charge in [0, 0.05) is 18.5 Å². The maximum Gasteiger partial charge on any atom is 0.214 e. The van der Waals surface area contributed by atoms with Crippen LogP contribution >= 0.6 is 15.9 Å². The standard InChI is InChI=1S/C10H20BrNO5S2/c1-17-8-9(11)2-5-12-19(15,16)10-3-6-18(13,14)7-4-10/h9-10,12H,2-8H2,1H3. The number of halogens is 1. The Morgan fingerprint density at radius 2 is 1.95 bits per heavy atom. The molecule has 6 nitrogen and oxygen atoms in total. The molecule has 0 radical (unpaired) electrons. The number of rotatable bonds is 7. The third-order valence-electron chi connectivity index (χ3n) is 3.05. The molecular weight excluding hydrogens is 358 g/mol. The lowest BCUT2D eigenvalue weighted by atomic mass is 10.2. The quantitative estimate of drug-likeness (QED) is 0.643. The molecule has 1 heterocycles. The van der Waals surface area contributed by atoms with E-state index in [2.05, 4.69) is 20.7 Å². The van der Waals surface area contributed by atoms with Crippen LogP contribution in [-0.2, 0) is 24.6 Å². The van der Waals surface area contributed by atoms with Crippen molar-refractivity contribution in [2.24, 2.45) is 0 Å². The molecule has 0 aromatic carbocycles. The van der Waals surface area contributed by atoms with Gasteiger partial charge >= 0.3 is 0 Å². The highest BCUT2D eigenvalue weighted by Crippen LogP contribution is 2.18. The first-order valence-corrected chi connectivity index (χ1v) is 10.4. The monoisotopic (exact) mass is 377 g/mol. The van der Waals surface area contributed by atoms with Crippen LogP contribution in [0, 0.1) is 0 Å². The molecule has 19 heavy (non-hydrogen) atoms. The molecule has 114 valence electrons. The van der Waals surface area contributed by atoms with Crippen LogP contribution in [0.5, 0.6) is 0 Å². The van der Waals surface area contributed by atoms with Crippen LogP contribution in [0.2, 0.25) is 0 Å². The molecule has 1 aliphatic heterocycles. The molecule has 0 aromatic heterocycles. The normalized spacial score (nSPS) is 22.2. The summed E-state index contributed by atoms with van der Waals surface area (Å²) in [6.07, 6.45) is 0.999. The van der Waals surface area contributed by atoms with Gasteiger partial charge in [0.2, 0.25) is 10.0 Å². The molecule has 0 aromatic rings. The van der Waals surface area contributed by atoms with Gasteiger partial charge in [0.1, 0.15) is 9.84 Å². The van der Waals surface area contributed by atoms with Gasteiger partial charge < -0.3 is 4.74 Å². The fourth-order valence-corrected chi connectivity index (χ4v) is 5.70. The Labute approximate surface area is 123 Å². The predicted octanol–water partition coefficient (Wildman–Crippen LogP) is 0.283. The Morgan fingerprint density at radius 3 is 2.47 bits per heavy atom. The maximum atomic E-state index is 12.0. The summed E-state index contributed by atoms with van der Waals surface area (Å²) in [5.74, 6) is -0.0767. The van der Waals surface area contributed by atoms with Gasteiger partial charge in [-0.2, -0.15) is 0 Å². The van der Waals surface area contributed by atoms with Crippen molar-refractivity contribution in [2.45, 2.75) is 29.3 Å². The van der Waals surface area contributed by atoms with Crippen LogP contribution in [0.25, 0.3) is 0 Å². The van der Waals surface area contributed by atoms with E-state index in [-0.39, 0.29) is 29.2 Å². The van der Waals surface area contributed by atoms with Crippen LogP contribution < -0.4 is 4.72 Å². The Balaban J connectivity index is 2.40. The lowest BCUT2D eigenvalue weighted by Gasteiger charge is -2.22. The highest BCUT2D eigenvalue weighted by atomic mass is 79.9. The minimum atomic E-state index is -3.42. The average Bonchev–Trinajstić information content (AvgIpc) is 2.28. The molecule has 0 saturated carbocycles.